The predicted octanol–water partition coefficient (Wildman–Crippen LogP) is 2.22. The molecule has 144 valence electrons. The van der Waals surface area contributed by atoms with E-state index in [2.05, 4.69) is 20.9 Å². The van der Waals surface area contributed by atoms with E-state index >= 15 is 0 Å². The van der Waals surface area contributed by atoms with Crippen molar-refractivity contribution in [3.8, 4) is 5.75 Å². The quantitative estimate of drug-likeness (QED) is 0.653. The molecule has 0 saturated carbocycles. The van der Waals surface area contributed by atoms with E-state index in [4.69, 9.17) is 9.47 Å². The number of halogens is 1. The van der Waals surface area contributed by atoms with Crippen LogP contribution in [0.5, 0.6) is 5.75 Å². The molecule has 0 spiro atoms. The third kappa shape index (κ3) is 4.72. The number of aliphatic imine (C=N–C) groups is 1. The highest BCUT2D eigenvalue weighted by Gasteiger charge is 2.29. The minimum Gasteiger partial charge on any atom is -0.483 e. The van der Waals surface area contributed by atoms with Crippen LogP contribution in [-0.4, -0.2) is 73.8 Å². The molecule has 7 nitrogen and oxygen atoms in total. The Morgan fingerprint density at radius 2 is 2.15 bits per heavy atom. The average Bonchev–Trinajstić information content (AvgIpc) is 2.95. The molecule has 2 heterocycles. The summed E-state index contributed by atoms with van der Waals surface area (Å²) in [5.74, 6) is 0.448. The number of morpholine rings is 1. The van der Waals surface area contributed by atoms with E-state index in [0.29, 0.717) is 42.1 Å². The standard InChI is InChI=1S/C18H20BrN3O4S/c1-20-18-21(2)17(24)15(27-18)10-12-3-4-14(13(19)9-12)26-11-16(23)22-5-7-25-8-6-22/h3-4,9-10H,5-8,11H2,1-2H3/b15-10-,20-18?. The summed E-state index contributed by atoms with van der Waals surface area (Å²) in [7, 11) is 3.37. The van der Waals surface area contributed by atoms with Crippen LogP contribution in [0, 0.1) is 0 Å². The zero-order chi connectivity index (χ0) is 19.4. The number of likely N-dealkylation sites (N-methyl/N-ethyl adjacent to an activating group) is 1. The fraction of sp³-hybridized carbons (Fsp3) is 0.389. The number of hydrogen-bond acceptors (Lipinski definition) is 6. The van der Waals surface area contributed by atoms with Crippen LogP contribution in [0.15, 0.2) is 32.6 Å². The van der Waals surface area contributed by atoms with Gasteiger partial charge in [0.2, 0.25) is 0 Å². The molecular weight excluding hydrogens is 434 g/mol. The first-order valence-corrected chi connectivity index (χ1v) is 10.0. The van der Waals surface area contributed by atoms with Gasteiger partial charge in [-0.3, -0.25) is 19.5 Å². The first kappa shape index (κ1) is 19.9. The summed E-state index contributed by atoms with van der Waals surface area (Å²) in [6.45, 7) is 2.30. The summed E-state index contributed by atoms with van der Waals surface area (Å²) in [4.78, 5) is 32.4. The van der Waals surface area contributed by atoms with Gasteiger partial charge in [0.15, 0.2) is 11.8 Å². The van der Waals surface area contributed by atoms with Crippen molar-refractivity contribution < 1.29 is 19.1 Å². The van der Waals surface area contributed by atoms with Crippen LogP contribution in [0.1, 0.15) is 5.56 Å². The van der Waals surface area contributed by atoms with Gasteiger partial charge in [-0.2, -0.15) is 0 Å². The molecule has 0 radical (unpaired) electrons. The molecule has 0 N–H and O–H groups in total. The second-order valence-corrected chi connectivity index (χ2v) is 7.82. The van der Waals surface area contributed by atoms with Crippen LogP contribution >= 0.6 is 27.7 Å². The van der Waals surface area contributed by atoms with Crippen molar-refractivity contribution in [2.24, 2.45) is 4.99 Å². The Morgan fingerprint density at radius 1 is 1.41 bits per heavy atom. The molecule has 0 aromatic heterocycles. The highest BCUT2D eigenvalue weighted by Crippen LogP contribution is 2.33. The Labute approximate surface area is 170 Å². The van der Waals surface area contributed by atoms with E-state index in [-0.39, 0.29) is 18.4 Å². The Bertz CT molecular complexity index is 806. The van der Waals surface area contributed by atoms with Gasteiger partial charge in [0.25, 0.3) is 11.8 Å². The van der Waals surface area contributed by atoms with Crippen molar-refractivity contribution in [1.29, 1.82) is 0 Å². The van der Waals surface area contributed by atoms with Crippen molar-refractivity contribution in [2.45, 2.75) is 0 Å². The number of thioether (sulfide) groups is 1. The molecule has 2 saturated heterocycles. The maximum absolute atomic E-state index is 12.2. The summed E-state index contributed by atoms with van der Waals surface area (Å²) in [5.41, 5.74) is 0.857. The molecule has 2 fully saturated rings. The summed E-state index contributed by atoms with van der Waals surface area (Å²) in [6.07, 6.45) is 1.81. The Balaban J connectivity index is 1.65. The van der Waals surface area contributed by atoms with Crippen LogP contribution in [0.25, 0.3) is 6.08 Å². The second-order valence-electron chi connectivity index (χ2n) is 5.95. The molecule has 27 heavy (non-hydrogen) atoms. The molecule has 2 amide bonds. The lowest BCUT2D eigenvalue weighted by atomic mass is 10.2. The summed E-state index contributed by atoms with van der Waals surface area (Å²) in [5, 5.41) is 0.673. The van der Waals surface area contributed by atoms with Crippen molar-refractivity contribution in [3.63, 3.8) is 0 Å². The highest BCUT2D eigenvalue weighted by molar-refractivity contribution is 9.10. The van der Waals surface area contributed by atoms with Gasteiger partial charge in [-0.25, -0.2) is 0 Å². The molecule has 0 aliphatic carbocycles. The maximum Gasteiger partial charge on any atom is 0.266 e. The molecule has 1 aromatic carbocycles. The van der Waals surface area contributed by atoms with E-state index in [1.807, 2.05) is 18.2 Å². The van der Waals surface area contributed by atoms with Crippen LogP contribution in [0.2, 0.25) is 0 Å². The van der Waals surface area contributed by atoms with E-state index in [0.717, 1.165) is 10.0 Å². The van der Waals surface area contributed by atoms with Gasteiger partial charge in [0.05, 0.1) is 22.6 Å². The first-order chi connectivity index (χ1) is 13.0. The molecule has 9 heteroatoms. The van der Waals surface area contributed by atoms with Crippen molar-refractivity contribution in [3.05, 3.63) is 33.1 Å². The highest BCUT2D eigenvalue weighted by atomic mass is 79.9. The van der Waals surface area contributed by atoms with E-state index in [1.165, 1.54) is 16.7 Å². The number of rotatable bonds is 4. The molecule has 2 aliphatic rings. The number of carbonyl (C=O) groups excluding carboxylic acids is 2. The monoisotopic (exact) mass is 453 g/mol. The third-order valence-corrected chi connectivity index (χ3v) is 5.93. The van der Waals surface area contributed by atoms with E-state index in [9.17, 15) is 9.59 Å². The minimum absolute atomic E-state index is 0.0194. The van der Waals surface area contributed by atoms with Gasteiger partial charge in [-0.15, -0.1) is 0 Å². The normalized spacial score (nSPS) is 20.6. The minimum atomic E-state index is -0.0758. The van der Waals surface area contributed by atoms with Gasteiger partial charge in [-0.1, -0.05) is 6.07 Å². The summed E-state index contributed by atoms with van der Waals surface area (Å²) < 4.78 is 11.6. The zero-order valence-corrected chi connectivity index (χ0v) is 17.5. The number of benzene rings is 1. The number of hydrogen-bond donors (Lipinski definition) is 0. The van der Waals surface area contributed by atoms with Gasteiger partial charge in [0, 0.05) is 27.2 Å². The second kappa shape index (κ2) is 8.90. The van der Waals surface area contributed by atoms with E-state index < -0.39 is 0 Å². The average molecular weight is 454 g/mol. The molecule has 0 atom stereocenters. The van der Waals surface area contributed by atoms with Crippen LogP contribution < -0.4 is 4.74 Å². The summed E-state index contributed by atoms with van der Waals surface area (Å²) >= 11 is 4.81. The number of ether oxygens (including phenoxy) is 2. The molecule has 1 aromatic rings. The smallest absolute Gasteiger partial charge is 0.266 e. The van der Waals surface area contributed by atoms with Crippen LogP contribution in [-0.2, 0) is 14.3 Å². The lowest BCUT2D eigenvalue weighted by Gasteiger charge is -2.26. The summed E-state index contributed by atoms with van der Waals surface area (Å²) in [6, 6.07) is 5.49. The predicted molar refractivity (Wildman–Crippen MR) is 109 cm³/mol. The number of amidine groups is 1. The molecule has 0 unspecified atom stereocenters. The number of nitrogens with zero attached hydrogens (tertiary/aromatic N) is 3. The van der Waals surface area contributed by atoms with Crippen molar-refractivity contribution in [2.75, 3.05) is 47.0 Å². The lowest BCUT2D eigenvalue weighted by Crippen LogP contribution is -2.43. The third-order valence-electron chi connectivity index (χ3n) is 4.16. The molecule has 3 rings (SSSR count). The first-order valence-electron chi connectivity index (χ1n) is 8.42. The Hall–Kier alpha value is -1.84. The lowest BCUT2D eigenvalue weighted by molar-refractivity contribution is -0.137. The maximum atomic E-state index is 12.2. The Kier molecular flexibility index (Phi) is 6.56. The molecular formula is C18H20BrN3O4S. The fourth-order valence-corrected chi connectivity index (χ4v) is 4.11. The number of amides is 2. The molecule has 0 bridgehead atoms. The topological polar surface area (TPSA) is 71.4 Å². The van der Waals surface area contributed by atoms with E-state index in [1.54, 1.807) is 25.1 Å². The molecule has 2 aliphatic heterocycles. The SMILES string of the molecule is CN=C1S/C(=C\c2ccc(OCC(=O)N3CCOCC3)c(Br)c2)C(=O)N1C. The number of carbonyl (C=O) groups is 2. The van der Waals surface area contributed by atoms with Crippen molar-refractivity contribution in [1.82, 2.24) is 9.80 Å². The fourth-order valence-electron chi connectivity index (χ4n) is 2.67. The Morgan fingerprint density at radius 3 is 2.78 bits per heavy atom. The zero-order valence-electron chi connectivity index (χ0n) is 15.1. The van der Waals surface area contributed by atoms with Gasteiger partial charge >= 0.3 is 0 Å². The van der Waals surface area contributed by atoms with Crippen molar-refractivity contribution >= 4 is 50.7 Å². The van der Waals surface area contributed by atoms with Gasteiger partial charge in [0.1, 0.15) is 5.75 Å². The largest absolute Gasteiger partial charge is 0.483 e. The van der Waals surface area contributed by atoms with Gasteiger partial charge < -0.3 is 14.4 Å². The van der Waals surface area contributed by atoms with Crippen LogP contribution in [0.4, 0.5) is 0 Å². The van der Waals surface area contributed by atoms with Gasteiger partial charge in [-0.05, 0) is 51.5 Å². The van der Waals surface area contributed by atoms with Crippen LogP contribution in [0.3, 0.4) is 0 Å².